The second-order valence-electron chi connectivity index (χ2n) is 7.74. The molecular formula is C24H17BrClNO6. The first-order valence-corrected chi connectivity index (χ1v) is 11.1. The number of carbonyl (C=O) groups is 1. The lowest BCUT2D eigenvalue weighted by Gasteiger charge is -2.25. The highest BCUT2D eigenvalue weighted by Gasteiger charge is 2.43. The van der Waals surface area contributed by atoms with Gasteiger partial charge < -0.3 is 23.6 Å². The van der Waals surface area contributed by atoms with Crippen molar-refractivity contribution in [2.24, 2.45) is 0 Å². The molecule has 0 saturated carbocycles. The quantitative estimate of drug-likeness (QED) is 0.371. The van der Waals surface area contributed by atoms with Gasteiger partial charge in [0, 0.05) is 5.02 Å². The van der Waals surface area contributed by atoms with Crippen LogP contribution in [-0.4, -0.2) is 23.0 Å². The molecule has 0 fully saturated rings. The highest BCUT2D eigenvalue weighted by molar-refractivity contribution is 9.10. The van der Waals surface area contributed by atoms with Crippen molar-refractivity contribution in [3.63, 3.8) is 0 Å². The van der Waals surface area contributed by atoms with Crippen molar-refractivity contribution >= 4 is 44.4 Å². The Morgan fingerprint density at radius 2 is 2.03 bits per heavy atom. The fourth-order valence-electron chi connectivity index (χ4n) is 4.13. The molecule has 7 nitrogen and oxygen atoms in total. The zero-order valence-corrected chi connectivity index (χ0v) is 19.9. The van der Waals surface area contributed by atoms with Crippen LogP contribution in [0, 0.1) is 6.92 Å². The Hall–Kier alpha value is -3.23. The number of hydrogen-bond donors (Lipinski definition) is 1. The molecule has 33 heavy (non-hydrogen) atoms. The van der Waals surface area contributed by atoms with E-state index >= 15 is 0 Å². The number of carbonyl (C=O) groups excluding carboxylic acids is 1. The molecule has 1 aliphatic rings. The third-order valence-electron chi connectivity index (χ3n) is 5.74. The average molecular weight is 531 g/mol. The smallest absolute Gasteiger partial charge is 0.291 e. The van der Waals surface area contributed by atoms with Crippen LogP contribution < -0.4 is 10.2 Å². The number of rotatable bonds is 4. The maximum Gasteiger partial charge on any atom is 0.291 e. The number of fused-ring (bicyclic) bond motifs is 2. The molecule has 1 aliphatic heterocycles. The monoisotopic (exact) mass is 529 g/mol. The van der Waals surface area contributed by atoms with E-state index in [0.717, 1.165) is 5.56 Å². The molecule has 4 aromatic rings. The number of hydrogen-bond acceptors (Lipinski definition) is 6. The van der Waals surface area contributed by atoms with Crippen LogP contribution in [0.3, 0.4) is 0 Å². The summed E-state index contributed by atoms with van der Waals surface area (Å²) in [5, 5.41) is 11.0. The van der Waals surface area contributed by atoms with Gasteiger partial charge in [0.15, 0.2) is 16.9 Å². The number of phenolic OH excluding ortho intramolecular Hbond substituents is 1. The van der Waals surface area contributed by atoms with Gasteiger partial charge >= 0.3 is 0 Å². The van der Waals surface area contributed by atoms with E-state index in [-0.39, 0.29) is 45.8 Å². The Bertz CT molecular complexity index is 1480. The van der Waals surface area contributed by atoms with Gasteiger partial charge in [-0.05, 0) is 70.4 Å². The lowest BCUT2D eigenvalue weighted by Crippen LogP contribution is -2.29. The molecule has 0 spiro atoms. The summed E-state index contributed by atoms with van der Waals surface area (Å²) in [4.78, 5) is 28.6. The highest BCUT2D eigenvalue weighted by atomic mass is 79.9. The molecule has 1 N–H and O–H groups in total. The largest absolute Gasteiger partial charge is 0.503 e. The highest BCUT2D eigenvalue weighted by Crippen LogP contribution is 2.44. The van der Waals surface area contributed by atoms with Crippen LogP contribution in [0.15, 0.2) is 60.8 Å². The molecule has 5 rings (SSSR count). The van der Waals surface area contributed by atoms with Gasteiger partial charge in [-0.1, -0.05) is 11.6 Å². The van der Waals surface area contributed by atoms with Crippen molar-refractivity contribution in [3.05, 3.63) is 90.6 Å². The summed E-state index contributed by atoms with van der Waals surface area (Å²) in [6, 6.07) is 9.11. The number of halogens is 2. The van der Waals surface area contributed by atoms with Gasteiger partial charge in [0.25, 0.3) is 5.91 Å². The SMILES string of the molecule is COc1cc(C2c3c(oc4cc(C)c(Cl)cc4c3=O)C(=O)N2Cc2ccco2)cc(Br)c1O. The van der Waals surface area contributed by atoms with Crippen molar-refractivity contribution in [2.45, 2.75) is 19.5 Å². The normalized spacial score (nSPS) is 15.3. The molecule has 0 radical (unpaired) electrons. The van der Waals surface area contributed by atoms with Crippen LogP contribution >= 0.6 is 27.5 Å². The summed E-state index contributed by atoms with van der Waals surface area (Å²) in [6.45, 7) is 1.90. The maximum atomic E-state index is 13.7. The summed E-state index contributed by atoms with van der Waals surface area (Å²) in [5.74, 6) is 0.176. The number of amides is 1. The van der Waals surface area contributed by atoms with E-state index in [2.05, 4.69) is 15.9 Å². The number of nitrogens with zero attached hydrogens (tertiary/aromatic N) is 1. The molecule has 9 heteroatoms. The Balaban J connectivity index is 1.79. The number of phenols is 1. The predicted octanol–water partition coefficient (Wildman–Crippen LogP) is 5.57. The van der Waals surface area contributed by atoms with Gasteiger partial charge in [-0.25, -0.2) is 0 Å². The first-order chi connectivity index (χ1) is 15.8. The number of aromatic hydroxyl groups is 1. The minimum Gasteiger partial charge on any atom is -0.503 e. The zero-order valence-electron chi connectivity index (χ0n) is 17.5. The standard InChI is InChI=1S/C24H17BrClNO6/c1-11-6-17-14(9-16(11)26)21(28)19-20(12-7-15(25)22(29)18(8-12)31-2)27(24(30)23(19)33-17)10-13-4-3-5-32-13/h3-9,20,29H,10H2,1-2H3. The Morgan fingerprint density at radius 1 is 1.24 bits per heavy atom. The molecule has 1 unspecified atom stereocenters. The van der Waals surface area contributed by atoms with Crippen LogP contribution in [-0.2, 0) is 6.54 Å². The van der Waals surface area contributed by atoms with E-state index < -0.39 is 11.9 Å². The van der Waals surface area contributed by atoms with E-state index in [1.54, 1.807) is 43.3 Å². The van der Waals surface area contributed by atoms with Crippen LogP contribution in [0.4, 0.5) is 0 Å². The molecule has 1 atom stereocenters. The number of methoxy groups -OCH3 is 1. The number of benzene rings is 2. The van der Waals surface area contributed by atoms with Gasteiger partial charge in [-0.2, -0.15) is 0 Å². The summed E-state index contributed by atoms with van der Waals surface area (Å²) in [7, 11) is 1.42. The van der Waals surface area contributed by atoms with Crippen molar-refractivity contribution in [2.75, 3.05) is 7.11 Å². The Morgan fingerprint density at radius 3 is 2.73 bits per heavy atom. The van der Waals surface area contributed by atoms with Gasteiger partial charge in [-0.3, -0.25) is 9.59 Å². The van der Waals surface area contributed by atoms with E-state index in [9.17, 15) is 14.7 Å². The Labute approximate surface area is 201 Å². The minimum atomic E-state index is -0.802. The van der Waals surface area contributed by atoms with Crippen molar-refractivity contribution in [3.8, 4) is 11.5 Å². The minimum absolute atomic E-state index is 0.0334. The van der Waals surface area contributed by atoms with Gasteiger partial charge in [0.05, 0.1) is 41.4 Å². The molecule has 0 aliphatic carbocycles. The molecule has 2 aromatic carbocycles. The van der Waals surface area contributed by atoms with Gasteiger partial charge in [0.1, 0.15) is 11.3 Å². The Kier molecular flexibility index (Phi) is 5.22. The second kappa shape index (κ2) is 7.97. The van der Waals surface area contributed by atoms with Crippen LogP contribution in [0.1, 0.15) is 39.0 Å². The fraction of sp³-hybridized carbons (Fsp3) is 0.167. The van der Waals surface area contributed by atoms with Crippen molar-refractivity contribution in [1.29, 1.82) is 0 Å². The van der Waals surface area contributed by atoms with Gasteiger partial charge in [0.2, 0.25) is 5.76 Å². The van der Waals surface area contributed by atoms with Crippen molar-refractivity contribution in [1.82, 2.24) is 4.90 Å². The van der Waals surface area contributed by atoms with E-state index in [4.69, 9.17) is 25.2 Å². The first-order valence-electron chi connectivity index (χ1n) is 9.96. The molecule has 2 aromatic heterocycles. The van der Waals surface area contributed by atoms with E-state index in [1.165, 1.54) is 18.3 Å². The molecule has 0 saturated heterocycles. The average Bonchev–Trinajstić information content (AvgIpc) is 3.39. The molecule has 1 amide bonds. The zero-order chi connectivity index (χ0) is 23.4. The summed E-state index contributed by atoms with van der Waals surface area (Å²) in [5.41, 5.74) is 1.42. The summed E-state index contributed by atoms with van der Waals surface area (Å²) in [6.07, 6.45) is 1.51. The first kappa shape index (κ1) is 21.6. The maximum absolute atomic E-state index is 13.7. The van der Waals surface area contributed by atoms with E-state index in [0.29, 0.717) is 20.8 Å². The van der Waals surface area contributed by atoms with E-state index in [1.807, 2.05) is 0 Å². The van der Waals surface area contributed by atoms with Crippen LogP contribution in [0.2, 0.25) is 5.02 Å². The number of furan rings is 1. The molecule has 0 bridgehead atoms. The van der Waals surface area contributed by atoms with Crippen molar-refractivity contribution < 1.29 is 23.5 Å². The fourth-order valence-corrected chi connectivity index (χ4v) is 4.75. The third kappa shape index (κ3) is 3.41. The summed E-state index contributed by atoms with van der Waals surface area (Å²) < 4.78 is 17.1. The number of aryl methyl sites for hydroxylation is 1. The predicted molar refractivity (Wildman–Crippen MR) is 125 cm³/mol. The van der Waals surface area contributed by atoms with Crippen LogP contribution in [0.25, 0.3) is 11.0 Å². The molecule has 168 valence electrons. The van der Waals surface area contributed by atoms with Crippen LogP contribution in [0.5, 0.6) is 11.5 Å². The third-order valence-corrected chi connectivity index (χ3v) is 6.75. The van der Waals surface area contributed by atoms with Gasteiger partial charge in [-0.15, -0.1) is 0 Å². The lowest BCUT2D eigenvalue weighted by atomic mass is 9.97. The summed E-state index contributed by atoms with van der Waals surface area (Å²) >= 11 is 9.60. The topological polar surface area (TPSA) is 93.1 Å². The lowest BCUT2D eigenvalue weighted by molar-refractivity contribution is 0.0701. The number of ether oxygens (including phenoxy) is 1. The second-order valence-corrected chi connectivity index (χ2v) is 9.00. The molecular weight excluding hydrogens is 514 g/mol. The molecule has 3 heterocycles.